The molecule has 0 amide bonds. The Balaban J connectivity index is 3.30. The highest BCUT2D eigenvalue weighted by atomic mass is 79.9. The molecule has 0 fully saturated rings. The van der Waals surface area contributed by atoms with Crippen molar-refractivity contribution >= 4 is 33.6 Å². The van der Waals surface area contributed by atoms with Gasteiger partial charge >= 0.3 is 0 Å². The van der Waals surface area contributed by atoms with Crippen LogP contribution in [0.3, 0.4) is 0 Å². The zero-order chi connectivity index (χ0) is 7.72. The molecule has 10 heavy (non-hydrogen) atoms. The largest absolute Gasteiger partial charge is 0.297 e. The van der Waals surface area contributed by atoms with E-state index < -0.39 is 0 Å². The lowest BCUT2D eigenvalue weighted by molar-refractivity contribution is 0.112. The first-order valence-corrected chi connectivity index (χ1v) is 4.48. The molecule has 0 unspecified atom stereocenters. The van der Waals surface area contributed by atoms with Crippen molar-refractivity contribution in [2.75, 3.05) is 0 Å². The minimum Gasteiger partial charge on any atom is -0.297 e. The van der Waals surface area contributed by atoms with Crippen LogP contribution in [0.2, 0.25) is 0 Å². The molecule has 3 heteroatoms. The summed E-state index contributed by atoms with van der Waals surface area (Å²) < 4.78 is 1.07. The van der Waals surface area contributed by atoms with E-state index in [9.17, 15) is 4.79 Å². The van der Waals surface area contributed by atoms with Gasteiger partial charge < -0.3 is 0 Å². The van der Waals surface area contributed by atoms with E-state index in [1.807, 2.05) is 13.8 Å². The molecule has 0 spiro atoms. The highest BCUT2D eigenvalue weighted by Crippen LogP contribution is 2.30. The molecule has 0 aliphatic rings. The van der Waals surface area contributed by atoms with E-state index in [2.05, 4.69) is 15.9 Å². The number of aldehydes is 1. The Hall–Kier alpha value is -0.150. The molecule has 0 saturated heterocycles. The molecule has 54 valence electrons. The van der Waals surface area contributed by atoms with Crippen molar-refractivity contribution in [1.82, 2.24) is 0 Å². The van der Waals surface area contributed by atoms with E-state index in [0.717, 1.165) is 21.2 Å². The maximum Gasteiger partial charge on any atom is 0.160 e. The summed E-state index contributed by atoms with van der Waals surface area (Å²) in [6, 6.07) is 0. The predicted molar refractivity (Wildman–Crippen MR) is 46.9 cm³/mol. The molecular weight excluding hydrogens is 212 g/mol. The summed E-state index contributed by atoms with van der Waals surface area (Å²) in [5.41, 5.74) is 1.05. The van der Waals surface area contributed by atoms with Gasteiger partial charge in [-0.25, -0.2) is 0 Å². The van der Waals surface area contributed by atoms with Gasteiger partial charge in [0.05, 0.1) is 4.88 Å². The molecule has 0 N–H and O–H groups in total. The van der Waals surface area contributed by atoms with Gasteiger partial charge in [-0.1, -0.05) is 0 Å². The second kappa shape index (κ2) is 2.84. The third-order valence-corrected chi connectivity index (χ3v) is 3.96. The fourth-order valence-electron chi connectivity index (χ4n) is 0.771. The number of hydrogen-bond donors (Lipinski definition) is 0. The van der Waals surface area contributed by atoms with E-state index in [-0.39, 0.29) is 0 Å². The molecule has 0 aliphatic carbocycles. The van der Waals surface area contributed by atoms with Crippen molar-refractivity contribution in [3.8, 4) is 0 Å². The number of halogens is 1. The van der Waals surface area contributed by atoms with Crippen LogP contribution in [-0.2, 0) is 0 Å². The smallest absolute Gasteiger partial charge is 0.160 e. The summed E-state index contributed by atoms with van der Waals surface area (Å²) >= 11 is 4.92. The van der Waals surface area contributed by atoms with Crippen LogP contribution in [0.25, 0.3) is 0 Å². The molecule has 1 nitrogen and oxygen atoms in total. The highest BCUT2D eigenvalue weighted by molar-refractivity contribution is 9.10. The van der Waals surface area contributed by atoms with Gasteiger partial charge in [0.2, 0.25) is 0 Å². The Morgan fingerprint density at radius 2 is 2.10 bits per heavy atom. The Labute approximate surface area is 72.2 Å². The van der Waals surface area contributed by atoms with Crippen LogP contribution >= 0.6 is 27.3 Å². The molecule has 0 saturated carbocycles. The van der Waals surface area contributed by atoms with Crippen LogP contribution in [0, 0.1) is 13.8 Å². The fraction of sp³-hybridized carbons (Fsp3) is 0.286. The van der Waals surface area contributed by atoms with Crippen molar-refractivity contribution in [2.45, 2.75) is 13.8 Å². The van der Waals surface area contributed by atoms with Gasteiger partial charge in [0.25, 0.3) is 0 Å². The predicted octanol–water partition coefficient (Wildman–Crippen LogP) is 2.94. The lowest BCUT2D eigenvalue weighted by atomic mass is 10.3. The molecule has 0 radical (unpaired) electrons. The minimum atomic E-state index is 0.823. The zero-order valence-electron chi connectivity index (χ0n) is 5.77. The lowest BCUT2D eigenvalue weighted by Gasteiger charge is -1.86. The van der Waals surface area contributed by atoms with Crippen molar-refractivity contribution in [1.29, 1.82) is 0 Å². The van der Waals surface area contributed by atoms with Crippen LogP contribution in [0.15, 0.2) is 4.47 Å². The second-order valence-electron chi connectivity index (χ2n) is 2.08. The van der Waals surface area contributed by atoms with Crippen LogP contribution in [0.4, 0.5) is 0 Å². The molecule has 0 bridgehead atoms. The monoisotopic (exact) mass is 218 g/mol. The summed E-state index contributed by atoms with van der Waals surface area (Å²) in [5, 5.41) is 0. The first-order valence-electron chi connectivity index (χ1n) is 2.87. The quantitative estimate of drug-likeness (QED) is 0.663. The Morgan fingerprint density at radius 1 is 1.50 bits per heavy atom. The first-order chi connectivity index (χ1) is 4.66. The number of hydrogen-bond acceptors (Lipinski definition) is 2. The van der Waals surface area contributed by atoms with Gasteiger partial charge in [-0.15, -0.1) is 11.3 Å². The summed E-state index contributed by atoms with van der Waals surface area (Å²) in [5.74, 6) is 0. The van der Waals surface area contributed by atoms with E-state index in [4.69, 9.17) is 0 Å². The Morgan fingerprint density at radius 3 is 2.30 bits per heavy atom. The molecule has 1 heterocycles. The van der Waals surface area contributed by atoms with Gasteiger partial charge in [-0.3, -0.25) is 4.79 Å². The number of carbonyl (C=O) groups is 1. The summed E-state index contributed by atoms with van der Waals surface area (Å²) in [7, 11) is 0. The number of rotatable bonds is 1. The van der Waals surface area contributed by atoms with Crippen molar-refractivity contribution < 1.29 is 4.79 Å². The fourth-order valence-corrected chi connectivity index (χ4v) is 2.23. The highest BCUT2D eigenvalue weighted by Gasteiger charge is 2.07. The maximum atomic E-state index is 10.4. The summed E-state index contributed by atoms with van der Waals surface area (Å²) in [6.07, 6.45) is 0.901. The third kappa shape index (κ3) is 1.16. The molecule has 0 atom stereocenters. The van der Waals surface area contributed by atoms with Gasteiger partial charge in [0.1, 0.15) is 0 Å². The first kappa shape index (κ1) is 7.95. The molecule has 1 aromatic rings. The maximum absolute atomic E-state index is 10.4. The van der Waals surface area contributed by atoms with Gasteiger partial charge in [-0.05, 0) is 35.3 Å². The topological polar surface area (TPSA) is 17.1 Å². The van der Waals surface area contributed by atoms with Crippen LogP contribution in [0.5, 0.6) is 0 Å². The Bertz CT molecular complexity index is 265. The van der Waals surface area contributed by atoms with Gasteiger partial charge in [-0.2, -0.15) is 0 Å². The van der Waals surface area contributed by atoms with E-state index >= 15 is 0 Å². The molecule has 0 aliphatic heterocycles. The van der Waals surface area contributed by atoms with E-state index in [1.165, 1.54) is 16.2 Å². The number of carbonyl (C=O) groups excluding carboxylic acids is 1. The van der Waals surface area contributed by atoms with Crippen LogP contribution < -0.4 is 0 Å². The van der Waals surface area contributed by atoms with Crippen LogP contribution in [0.1, 0.15) is 20.1 Å². The second-order valence-corrected chi connectivity index (χ2v) is 4.13. The minimum absolute atomic E-state index is 0.823. The SMILES string of the molecule is Cc1sc(C=O)c(C)c1Br. The average Bonchev–Trinajstić information content (AvgIpc) is 2.17. The van der Waals surface area contributed by atoms with Crippen molar-refractivity contribution in [3.05, 3.63) is 19.8 Å². The standard InChI is InChI=1S/C7H7BrOS/c1-4-6(3-9)10-5(2)7(4)8/h3H,1-2H3. The van der Waals surface area contributed by atoms with Crippen molar-refractivity contribution in [3.63, 3.8) is 0 Å². The van der Waals surface area contributed by atoms with E-state index in [0.29, 0.717) is 0 Å². The van der Waals surface area contributed by atoms with Crippen molar-refractivity contribution in [2.24, 2.45) is 0 Å². The number of thiophene rings is 1. The van der Waals surface area contributed by atoms with E-state index in [1.54, 1.807) is 0 Å². The Kier molecular flexibility index (Phi) is 2.26. The molecular formula is C7H7BrOS. The molecule has 1 aromatic heterocycles. The number of aryl methyl sites for hydroxylation is 1. The van der Waals surface area contributed by atoms with Gasteiger partial charge in [0.15, 0.2) is 6.29 Å². The third-order valence-electron chi connectivity index (χ3n) is 1.38. The normalized spacial score (nSPS) is 9.90. The zero-order valence-corrected chi connectivity index (χ0v) is 8.17. The molecule has 1 rings (SSSR count). The lowest BCUT2D eigenvalue weighted by Crippen LogP contribution is -1.74. The molecule has 0 aromatic carbocycles. The average molecular weight is 219 g/mol. The van der Waals surface area contributed by atoms with Crippen LogP contribution in [-0.4, -0.2) is 6.29 Å². The summed E-state index contributed by atoms with van der Waals surface area (Å²) in [6.45, 7) is 3.94. The summed E-state index contributed by atoms with van der Waals surface area (Å²) in [4.78, 5) is 12.4. The van der Waals surface area contributed by atoms with Gasteiger partial charge in [0, 0.05) is 9.35 Å².